The molecular weight excluding hydrogens is 404 g/mol. The molecule has 1 aliphatic rings. The number of pyridine rings is 1. The number of ether oxygens (including phenoxy) is 1. The van der Waals surface area contributed by atoms with E-state index in [1.165, 1.54) is 0 Å². The van der Waals surface area contributed by atoms with Gasteiger partial charge in [0, 0.05) is 30.1 Å². The first kappa shape index (κ1) is 19.8. The van der Waals surface area contributed by atoms with Crippen molar-refractivity contribution in [1.29, 1.82) is 0 Å². The summed E-state index contributed by atoms with van der Waals surface area (Å²) in [7, 11) is 1.62. The molecule has 7 heteroatoms. The van der Waals surface area contributed by atoms with E-state index in [4.69, 9.17) is 4.74 Å². The summed E-state index contributed by atoms with van der Waals surface area (Å²) in [5.41, 5.74) is 5.21. The van der Waals surface area contributed by atoms with Crippen LogP contribution in [0.2, 0.25) is 0 Å². The molecule has 2 aromatic carbocycles. The van der Waals surface area contributed by atoms with Crippen LogP contribution < -0.4 is 4.74 Å². The van der Waals surface area contributed by atoms with Crippen molar-refractivity contribution in [3.63, 3.8) is 0 Å². The Morgan fingerprint density at radius 2 is 1.97 bits per heavy atom. The van der Waals surface area contributed by atoms with Crippen molar-refractivity contribution < 1.29 is 14.6 Å². The summed E-state index contributed by atoms with van der Waals surface area (Å²) < 4.78 is 5.31. The molecule has 0 bridgehead atoms. The number of hydrogen-bond acceptors (Lipinski definition) is 5. The van der Waals surface area contributed by atoms with Crippen LogP contribution in [0.15, 0.2) is 67.0 Å². The van der Waals surface area contributed by atoms with Crippen molar-refractivity contribution in [1.82, 2.24) is 20.1 Å². The van der Waals surface area contributed by atoms with Gasteiger partial charge in [-0.1, -0.05) is 29.8 Å². The number of aromatic amines is 1. The molecule has 32 heavy (non-hydrogen) atoms. The van der Waals surface area contributed by atoms with Crippen LogP contribution in [0.4, 0.5) is 0 Å². The van der Waals surface area contributed by atoms with Gasteiger partial charge in [-0.05, 0) is 48.4 Å². The van der Waals surface area contributed by atoms with Gasteiger partial charge in [0.2, 0.25) is 0 Å². The van der Waals surface area contributed by atoms with Gasteiger partial charge < -0.3 is 14.7 Å². The Balaban J connectivity index is 1.67. The summed E-state index contributed by atoms with van der Waals surface area (Å²) in [6, 6.07) is 16.5. The van der Waals surface area contributed by atoms with E-state index >= 15 is 0 Å². The Morgan fingerprint density at radius 3 is 2.69 bits per heavy atom. The minimum atomic E-state index is -0.378. The standard InChI is InChI=1S/C25H22N4O3/c1-15-5-10-20(30)19(12-15)22-21-23(28-27-22)25(31)29(14-16-4-3-11-26-13-16)24(21)17-6-8-18(32-2)9-7-17/h3-13,24,30H,14H2,1-2H3,(H,27,28). The van der Waals surface area contributed by atoms with Crippen molar-refractivity contribution >= 4 is 5.91 Å². The van der Waals surface area contributed by atoms with Gasteiger partial charge in [0.25, 0.3) is 5.91 Å². The number of aromatic hydroxyl groups is 1. The molecule has 2 aromatic heterocycles. The lowest BCUT2D eigenvalue weighted by Crippen LogP contribution is -2.29. The van der Waals surface area contributed by atoms with Crippen molar-refractivity contribution in [3.05, 3.63) is 94.9 Å². The van der Waals surface area contributed by atoms with Crippen molar-refractivity contribution in [2.75, 3.05) is 7.11 Å². The Kier molecular flexibility index (Phi) is 4.86. The number of nitrogens with one attached hydrogen (secondary N) is 1. The summed E-state index contributed by atoms with van der Waals surface area (Å²) >= 11 is 0. The lowest BCUT2D eigenvalue weighted by Gasteiger charge is -2.26. The maximum atomic E-state index is 13.5. The number of amides is 1. The zero-order valence-electron chi connectivity index (χ0n) is 17.7. The van der Waals surface area contributed by atoms with Gasteiger partial charge in [-0.2, -0.15) is 5.10 Å². The van der Waals surface area contributed by atoms with E-state index in [0.717, 1.165) is 28.0 Å². The number of carbonyl (C=O) groups is 1. The van der Waals surface area contributed by atoms with Crippen molar-refractivity contribution in [2.24, 2.45) is 0 Å². The molecule has 0 radical (unpaired) electrons. The quantitative estimate of drug-likeness (QED) is 0.498. The first-order chi connectivity index (χ1) is 15.6. The van der Waals surface area contributed by atoms with E-state index in [1.54, 1.807) is 30.5 Å². The lowest BCUT2D eigenvalue weighted by molar-refractivity contribution is 0.0730. The predicted molar refractivity (Wildman–Crippen MR) is 119 cm³/mol. The molecule has 1 aliphatic heterocycles. The Labute approximate surface area is 185 Å². The van der Waals surface area contributed by atoms with E-state index in [2.05, 4.69) is 15.2 Å². The van der Waals surface area contributed by atoms with Gasteiger partial charge in [0.05, 0.1) is 13.2 Å². The first-order valence-electron chi connectivity index (χ1n) is 10.3. The number of hydrogen-bond donors (Lipinski definition) is 2. The molecule has 0 aliphatic carbocycles. The maximum Gasteiger partial charge on any atom is 0.273 e. The third-order valence-electron chi connectivity index (χ3n) is 5.78. The Morgan fingerprint density at radius 1 is 1.16 bits per heavy atom. The number of methoxy groups -OCH3 is 1. The number of phenolic OH excluding ortho intramolecular Hbond substituents is 1. The topological polar surface area (TPSA) is 91.3 Å². The summed E-state index contributed by atoms with van der Waals surface area (Å²) in [6.45, 7) is 2.35. The highest BCUT2D eigenvalue weighted by Crippen LogP contribution is 2.45. The van der Waals surface area contributed by atoms with Crippen molar-refractivity contribution in [3.8, 4) is 22.8 Å². The van der Waals surface area contributed by atoms with Crippen LogP contribution in [0.5, 0.6) is 11.5 Å². The number of aromatic nitrogens is 3. The molecule has 5 rings (SSSR count). The minimum Gasteiger partial charge on any atom is -0.507 e. The van der Waals surface area contributed by atoms with Crippen LogP contribution in [0, 0.1) is 6.92 Å². The molecule has 7 nitrogen and oxygen atoms in total. The molecule has 0 fully saturated rings. The molecule has 1 unspecified atom stereocenters. The zero-order valence-corrected chi connectivity index (χ0v) is 17.7. The zero-order chi connectivity index (χ0) is 22.2. The highest BCUT2D eigenvalue weighted by atomic mass is 16.5. The molecule has 0 saturated heterocycles. The average Bonchev–Trinajstić information content (AvgIpc) is 3.35. The third kappa shape index (κ3) is 3.28. The molecule has 1 atom stereocenters. The molecule has 160 valence electrons. The third-order valence-corrected chi connectivity index (χ3v) is 5.78. The SMILES string of the molecule is COc1ccc(C2c3c(-c4cc(C)ccc4O)n[nH]c3C(=O)N2Cc2cccnc2)cc1. The summed E-state index contributed by atoms with van der Waals surface area (Å²) in [6.07, 6.45) is 3.47. The first-order valence-corrected chi connectivity index (χ1v) is 10.3. The molecular formula is C25H22N4O3. The number of carbonyl (C=O) groups excluding carboxylic acids is 1. The van der Waals surface area contributed by atoms with Gasteiger partial charge in [0.15, 0.2) is 0 Å². The smallest absolute Gasteiger partial charge is 0.273 e. The van der Waals surface area contributed by atoms with E-state index in [-0.39, 0.29) is 17.7 Å². The second kappa shape index (κ2) is 7.85. The fourth-order valence-corrected chi connectivity index (χ4v) is 4.23. The van der Waals surface area contributed by atoms with Gasteiger partial charge in [-0.3, -0.25) is 14.9 Å². The Hall–Kier alpha value is -4.13. The summed E-state index contributed by atoms with van der Waals surface area (Å²) in [5, 5.41) is 17.9. The highest BCUT2D eigenvalue weighted by Gasteiger charge is 2.42. The van der Waals surface area contributed by atoms with Crippen LogP contribution in [0.25, 0.3) is 11.3 Å². The monoisotopic (exact) mass is 426 g/mol. The van der Waals surface area contributed by atoms with Gasteiger partial charge in [-0.25, -0.2) is 0 Å². The number of rotatable bonds is 5. The number of aryl methyl sites for hydroxylation is 1. The number of phenols is 1. The largest absolute Gasteiger partial charge is 0.507 e. The maximum absolute atomic E-state index is 13.5. The van der Waals surface area contributed by atoms with Crippen molar-refractivity contribution in [2.45, 2.75) is 19.5 Å². The van der Waals surface area contributed by atoms with Crippen LogP contribution >= 0.6 is 0 Å². The van der Waals surface area contributed by atoms with Crippen LogP contribution in [-0.2, 0) is 6.54 Å². The van der Waals surface area contributed by atoms with E-state index in [9.17, 15) is 9.90 Å². The lowest BCUT2D eigenvalue weighted by atomic mass is 9.95. The molecule has 3 heterocycles. The van der Waals surface area contributed by atoms with Crippen LogP contribution in [0.3, 0.4) is 0 Å². The molecule has 0 spiro atoms. The molecule has 0 saturated carbocycles. The fraction of sp³-hybridized carbons (Fsp3) is 0.160. The van der Waals surface area contributed by atoms with E-state index < -0.39 is 0 Å². The predicted octanol–water partition coefficient (Wildman–Crippen LogP) is 4.24. The molecule has 2 N–H and O–H groups in total. The summed E-state index contributed by atoms with van der Waals surface area (Å²) in [4.78, 5) is 19.4. The van der Waals surface area contributed by atoms with Gasteiger partial charge >= 0.3 is 0 Å². The average molecular weight is 426 g/mol. The van der Waals surface area contributed by atoms with E-state index in [0.29, 0.717) is 23.5 Å². The number of benzene rings is 2. The second-order valence-electron chi connectivity index (χ2n) is 7.85. The Bertz CT molecular complexity index is 1280. The molecule has 1 amide bonds. The molecule has 4 aromatic rings. The fourth-order valence-electron chi connectivity index (χ4n) is 4.23. The second-order valence-corrected chi connectivity index (χ2v) is 7.85. The summed E-state index contributed by atoms with van der Waals surface area (Å²) in [5.74, 6) is 0.716. The van der Waals surface area contributed by atoms with Crippen LogP contribution in [-0.4, -0.2) is 38.2 Å². The number of fused-ring (bicyclic) bond motifs is 1. The van der Waals surface area contributed by atoms with E-state index in [1.807, 2.05) is 55.5 Å². The normalized spacial score (nSPS) is 15.1. The highest BCUT2D eigenvalue weighted by molar-refractivity contribution is 6.00. The number of H-pyrrole nitrogens is 1. The number of nitrogens with zero attached hydrogens (tertiary/aromatic N) is 3. The minimum absolute atomic E-state index is 0.122. The van der Waals surface area contributed by atoms with Gasteiger partial charge in [-0.15, -0.1) is 0 Å². The van der Waals surface area contributed by atoms with Crippen LogP contribution in [0.1, 0.15) is 38.8 Å². The van der Waals surface area contributed by atoms with Gasteiger partial charge in [0.1, 0.15) is 22.9 Å².